The van der Waals surface area contributed by atoms with Crippen molar-refractivity contribution >= 4 is 5.97 Å². The summed E-state index contributed by atoms with van der Waals surface area (Å²) < 4.78 is 0. The van der Waals surface area contributed by atoms with Gasteiger partial charge in [-0.05, 0) is 49.9 Å². The van der Waals surface area contributed by atoms with E-state index < -0.39 is 18.2 Å². The van der Waals surface area contributed by atoms with Crippen LogP contribution in [0.15, 0.2) is 12.2 Å². The molecule has 0 aromatic heterocycles. The molecule has 0 aromatic carbocycles. The number of unbranched alkanes of at least 4 members (excludes halogenated alkanes) is 4. The number of aliphatic carboxylic acids is 1. The average molecular weight is 355 g/mol. The van der Waals surface area contributed by atoms with Crippen molar-refractivity contribution in [1.29, 1.82) is 0 Å². The summed E-state index contributed by atoms with van der Waals surface area (Å²) in [5.74, 6) is 0.180. The molecule has 0 radical (unpaired) electrons. The molecule has 0 saturated heterocycles. The van der Waals surface area contributed by atoms with Gasteiger partial charge in [-0.1, -0.05) is 58.1 Å². The summed E-state index contributed by atoms with van der Waals surface area (Å²) in [7, 11) is 0. The minimum Gasteiger partial charge on any atom is -0.481 e. The lowest BCUT2D eigenvalue weighted by atomic mass is 9.86. The molecule has 0 heterocycles. The Morgan fingerprint density at radius 3 is 2.44 bits per heavy atom. The molecule has 1 fully saturated rings. The Labute approximate surface area is 153 Å². The van der Waals surface area contributed by atoms with E-state index in [2.05, 4.69) is 26.0 Å². The summed E-state index contributed by atoms with van der Waals surface area (Å²) in [4.78, 5) is 10.5. The second kappa shape index (κ2) is 12.5. The van der Waals surface area contributed by atoms with E-state index in [1.54, 1.807) is 0 Å². The van der Waals surface area contributed by atoms with Crippen molar-refractivity contribution in [3.8, 4) is 0 Å². The Kier molecular flexibility index (Phi) is 11.1. The van der Waals surface area contributed by atoms with Gasteiger partial charge in [-0.25, -0.2) is 0 Å². The quantitative estimate of drug-likeness (QED) is 0.335. The Morgan fingerprint density at radius 1 is 1.08 bits per heavy atom. The van der Waals surface area contributed by atoms with Crippen LogP contribution in [0.4, 0.5) is 0 Å². The largest absolute Gasteiger partial charge is 0.481 e. The molecule has 3 N–H and O–H groups in total. The second-order valence-corrected chi connectivity index (χ2v) is 7.83. The first-order valence-corrected chi connectivity index (χ1v) is 10.2. The van der Waals surface area contributed by atoms with Gasteiger partial charge in [0.1, 0.15) is 0 Å². The number of aliphatic hydroxyl groups is 2. The van der Waals surface area contributed by atoms with Crippen molar-refractivity contribution in [2.75, 3.05) is 0 Å². The number of carbonyl (C=O) groups is 1. The molecule has 25 heavy (non-hydrogen) atoms. The number of hydrogen-bond donors (Lipinski definition) is 3. The maximum absolute atomic E-state index is 10.5. The zero-order valence-corrected chi connectivity index (χ0v) is 16.1. The summed E-state index contributed by atoms with van der Waals surface area (Å²) in [6.45, 7) is 4.44. The van der Waals surface area contributed by atoms with Crippen LogP contribution >= 0.6 is 0 Å². The molecule has 1 aliphatic carbocycles. The monoisotopic (exact) mass is 354 g/mol. The van der Waals surface area contributed by atoms with Crippen LogP contribution < -0.4 is 0 Å². The summed E-state index contributed by atoms with van der Waals surface area (Å²) in [6.07, 6.45) is 13.5. The molecule has 0 aliphatic heterocycles. The van der Waals surface area contributed by atoms with Crippen LogP contribution in [0, 0.1) is 17.8 Å². The Balaban J connectivity index is 2.34. The minimum absolute atomic E-state index is 0.156. The van der Waals surface area contributed by atoms with Crippen molar-refractivity contribution in [1.82, 2.24) is 0 Å². The van der Waals surface area contributed by atoms with Crippen LogP contribution in [0.1, 0.15) is 84.5 Å². The highest BCUT2D eigenvalue weighted by atomic mass is 16.4. The van der Waals surface area contributed by atoms with E-state index in [0.29, 0.717) is 12.3 Å². The maximum Gasteiger partial charge on any atom is 0.303 e. The van der Waals surface area contributed by atoms with E-state index in [9.17, 15) is 15.0 Å². The molecule has 1 aliphatic rings. The molecule has 5 atom stereocenters. The Bertz CT molecular complexity index is 393. The molecule has 0 bridgehead atoms. The predicted molar refractivity (Wildman–Crippen MR) is 101 cm³/mol. The van der Waals surface area contributed by atoms with Crippen LogP contribution in [-0.2, 0) is 4.79 Å². The standard InChI is InChI=1S/C21H38O4/c1-3-4-10-16(2)11-9-13-18-17(19(22)15-20(18)23)12-7-5-6-8-14-21(24)25/h9,11,16-20,22-23H,3-8,10,12-15H2,1-2H3,(H,24,25). The fraction of sp³-hybridized carbons (Fsp3) is 0.857. The molecule has 0 spiro atoms. The Morgan fingerprint density at radius 2 is 1.76 bits per heavy atom. The molecule has 4 heteroatoms. The van der Waals surface area contributed by atoms with E-state index in [1.807, 2.05) is 0 Å². The molecular weight excluding hydrogens is 316 g/mol. The molecule has 1 rings (SSSR count). The third-order valence-corrected chi connectivity index (χ3v) is 5.59. The number of carboxylic acids is 1. The minimum atomic E-state index is -0.727. The van der Waals surface area contributed by atoms with Gasteiger partial charge >= 0.3 is 5.97 Å². The normalized spacial score (nSPS) is 27.8. The van der Waals surface area contributed by atoms with E-state index in [0.717, 1.165) is 38.5 Å². The highest BCUT2D eigenvalue weighted by Gasteiger charge is 2.40. The van der Waals surface area contributed by atoms with Crippen molar-refractivity contribution in [2.45, 2.75) is 96.7 Å². The smallest absolute Gasteiger partial charge is 0.303 e. The van der Waals surface area contributed by atoms with Gasteiger partial charge in [0.15, 0.2) is 0 Å². The third kappa shape index (κ3) is 8.87. The van der Waals surface area contributed by atoms with Gasteiger partial charge in [-0.3, -0.25) is 4.79 Å². The lowest BCUT2D eigenvalue weighted by molar-refractivity contribution is -0.137. The van der Waals surface area contributed by atoms with Crippen molar-refractivity contribution in [3.05, 3.63) is 12.2 Å². The molecule has 1 saturated carbocycles. The average Bonchev–Trinajstić information content (AvgIpc) is 2.82. The zero-order chi connectivity index (χ0) is 18.7. The SMILES string of the molecule is CCCCC(C)C=CCC1C(O)CC(O)C1CCCCCCC(=O)O. The first-order chi connectivity index (χ1) is 12.0. The number of allylic oxidation sites excluding steroid dienone is 2. The van der Waals surface area contributed by atoms with Gasteiger partial charge in [0.25, 0.3) is 0 Å². The lowest BCUT2D eigenvalue weighted by Crippen LogP contribution is -2.21. The van der Waals surface area contributed by atoms with Gasteiger partial charge in [0.05, 0.1) is 12.2 Å². The molecule has 5 unspecified atom stereocenters. The molecule has 0 amide bonds. The van der Waals surface area contributed by atoms with Gasteiger partial charge in [-0.15, -0.1) is 0 Å². The summed E-state index contributed by atoms with van der Waals surface area (Å²) in [6, 6.07) is 0. The molecule has 4 nitrogen and oxygen atoms in total. The van der Waals surface area contributed by atoms with Crippen molar-refractivity contribution in [2.24, 2.45) is 17.8 Å². The molecule has 0 aromatic rings. The van der Waals surface area contributed by atoms with Gasteiger partial charge < -0.3 is 15.3 Å². The first-order valence-electron chi connectivity index (χ1n) is 10.2. The van der Waals surface area contributed by atoms with Crippen LogP contribution in [0.2, 0.25) is 0 Å². The number of hydrogen-bond acceptors (Lipinski definition) is 3. The van der Waals surface area contributed by atoms with E-state index in [4.69, 9.17) is 5.11 Å². The lowest BCUT2D eigenvalue weighted by Gasteiger charge is -2.22. The fourth-order valence-electron chi connectivity index (χ4n) is 4.01. The molecule has 146 valence electrons. The van der Waals surface area contributed by atoms with Gasteiger partial charge in [-0.2, -0.15) is 0 Å². The number of carboxylic acid groups (broad SMARTS) is 1. The van der Waals surface area contributed by atoms with Gasteiger partial charge in [0, 0.05) is 6.42 Å². The highest BCUT2D eigenvalue weighted by Crippen LogP contribution is 2.38. The van der Waals surface area contributed by atoms with Crippen LogP contribution in [0.25, 0.3) is 0 Å². The fourth-order valence-corrected chi connectivity index (χ4v) is 4.01. The van der Waals surface area contributed by atoms with Crippen LogP contribution in [-0.4, -0.2) is 33.5 Å². The number of aliphatic hydroxyl groups excluding tert-OH is 2. The summed E-state index contributed by atoms with van der Waals surface area (Å²) in [5, 5.41) is 29.2. The highest BCUT2D eigenvalue weighted by molar-refractivity contribution is 5.66. The Hall–Kier alpha value is -0.870. The molecular formula is C21H38O4. The van der Waals surface area contributed by atoms with Crippen molar-refractivity contribution < 1.29 is 20.1 Å². The van der Waals surface area contributed by atoms with Gasteiger partial charge in [0.2, 0.25) is 0 Å². The predicted octanol–water partition coefficient (Wildman–Crippen LogP) is 4.54. The topological polar surface area (TPSA) is 77.8 Å². The van der Waals surface area contributed by atoms with Crippen LogP contribution in [0.3, 0.4) is 0 Å². The third-order valence-electron chi connectivity index (χ3n) is 5.59. The summed E-state index contributed by atoms with van der Waals surface area (Å²) >= 11 is 0. The van der Waals surface area contributed by atoms with E-state index in [-0.39, 0.29) is 18.3 Å². The zero-order valence-electron chi connectivity index (χ0n) is 16.1. The van der Waals surface area contributed by atoms with Crippen LogP contribution in [0.5, 0.6) is 0 Å². The maximum atomic E-state index is 10.5. The second-order valence-electron chi connectivity index (χ2n) is 7.83. The van der Waals surface area contributed by atoms with E-state index in [1.165, 1.54) is 19.3 Å². The number of rotatable bonds is 13. The van der Waals surface area contributed by atoms with Crippen molar-refractivity contribution in [3.63, 3.8) is 0 Å². The van der Waals surface area contributed by atoms with E-state index >= 15 is 0 Å². The first kappa shape index (κ1) is 22.2. The summed E-state index contributed by atoms with van der Waals surface area (Å²) in [5.41, 5.74) is 0.